The molecular weight excluding hydrogens is 184 g/mol. The van der Waals surface area contributed by atoms with Gasteiger partial charge in [0.25, 0.3) is 0 Å². The molecule has 0 aliphatic heterocycles. The Morgan fingerprint density at radius 2 is 2.07 bits per heavy atom. The van der Waals surface area contributed by atoms with Gasteiger partial charge in [0, 0.05) is 20.3 Å². The van der Waals surface area contributed by atoms with Crippen LogP contribution in [0.1, 0.15) is 10.5 Å². The molecule has 0 aliphatic carbocycles. The van der Waals surface area contributed by atoms with Crippen LogP contribution in [-0.2, 0) is 4.79 Å². The van der Waals surface area contributed by atoms with E-state index in [2.05, 4.69) is 4.98 Å². The number of nitrogens with zero attached hydrogens (tertiary/aromatic N) is 2. The second-order valence-electron chi connectivity index (χ2n) is 2.59. The van der Waals surface area contributed by atoms with Crippen LogP contribution >= 0.6 is 0 Å². The van der Waals surface area contributed by atoms with Crippen molar-refractivity contribution in [1.29, 1.82) is 0 Å². The summed E-state index contributed by atoms with van der Waals surface area (Å²) in [7, 11) is 3.38. The molecular formula is C9H12N2O3. The molecule has 0 bridgehead atoms. The quantitative estimate of drug-likeness (QED) is 0.698. The van der Waals surface area contributed by atoms with Gasteiger partial charge in [0.1, 0.15) is 5.69 Å². The molecule has 5 heteroatoms. The maximum atomic E-state index is 10.1. The van der Waals surface area contributed by atoms with E-state index in [0.29, 0.717) is 0 Å². The Kier molecular flexibility index (Phi) is 5.69. The second-order valence-corrected chi connectivity index (χ2v) is 2.59. The Morgan fingerprint density at radius 1 is 1.50 bits per heavy atom. The van der Waals surface area contributed by atoms with E-state index in [1.807, 2.05) is 0 Å². The topological polar surface area (TPSA) is 70.5 Å². The zero-order valence-corrected chi connectivity index (χ0v) is 8.04. The summed E-state index contributed by atoms with van der Waals surface area (Å²) in [5.74, 6) is -0.990. The average molecular weight is 196 g/mol. The Bertz CT molecular complexity index is 285. The molecule has 1 aromatic rings. The van der Waals surface area contributed by atoms with Crippen LogP contribution in [0.25, 0.3) is 0 Å². The number of aromatic nitrogens is 1. The van der Waals surface area contributed by atoms with Crippen LogP contribution in [-0.4, -0.2) is 41.5 Å². The first-order valence-corrected chi connectivity index (χ1v) is 3.84. The molecule has 1 amide bonds. The molecule has 0 saturated heterocycles. The first-order chi connectivity index (χ1) is 6.57. The van der Waals surface area contributed by atoms with Gasteiger partial charge in [-0.25, -0.2) is 9.78 Å². The Labute approximate surface area is 82.0 Å². The fourth-order valence-electron chi connectivity index (χ4n) is 0.489. The summed E-state index contributed by atoms with van der Waals surface area (Å²) < 4.78 is 0. The van der Waals surface area contributed by atoms with Gasteiger partial charge in [-0.1, -0.05) is 6.07 Å². The van der Waals surface area contributed by atoms with Crippen molar-refractivity contribution < 1.29 is 14.7 Å². The molecule has 1 heterocycles. The monoisotopic (exact) mass is 196 g/mol. The normalized spacial score (nSPS) is 8.14. The van der Waals surface area contributed by atoms with E-state index in [4.69, 9.17) is 5.11 Å². The third-order valence-electron chi connectivity index (χ3n) is 1.09. The Hall–Kier alpha value is -1.91. The van der Waals surface area contributed by atoms with Crippen molar-refractivity contribution in [1.82, 2.24) is 9.88 Å². The lowest BCUT2D eigenvalue weighted by atomic mass is 10.4. The zero-order chi connectivity index (χ0) is 11.0. The van der Waals surface area contributed by atoms with Gasteiger partial charge in [-0.15, -0.1) is 0 Å². The summed E-state index contributed by atoms with van der Waals surface area (Å²) in [5.41, 5.74) is 0.0810. The minimum Gasteiger partial charge on any atom is -0.477 e. The molecule has 1 N–H and O–H groups in total. The summed E-state index contributed by atoms with van der Waals surface area (Å²) >= 11 is 0. The lowest BCUT2D eigenvalue weighted by Crippen LogP contribution is -2.06. The van der Waals surface area contributed by atoms with Crippen molar-refractivity contribution >= 4 is 12.4 Å². The lowest BCUT2D eigenvalue weighted by Gasteiger charge is -1.93. The number of carboxylic acid groups (broad SMARTS) is 1. The molecule has 0 unspecified atom stereocenters. The maximum absolute atomic E-state index is 10.1. The van der Waals surface area contributed by atoms with Crippen LogP contribution in [0, 0.1) is 0 Å². The van der Waals surface area contributed by atoms with Crippen LogP contribution < -0.4 is 0 Å². The first-order valence-electron chi connectivity index (χ1n) is 3.84. The smallest absolute Gasteiger partial charge is 0.354 e. The van der Waals surface area contributed by atoms with E-state index >= 15 is 0 Å². The van der Waals surface area contributed by atoms with Crippen molar-refractivity contribution in [2.75, 3.05) is 14.1 Å². The van der Waals surface area contributed by atoms with Crippen molar-refractivity contribution in [3.63, 3.8) is 0 Å². The highest BCUT2D eigenvalue weighted by molar-refractivity contribution is 5.85. The van der Waals surface area contributed by atoms with Gasteiger partial charge in [-0.2, -0.15) is 0 Å². The van der Waals surface area contributed by atoms with Crippen LogP contribution in [0.3, 0.4) is 0 Å². The standard InChI is InChI=1S/C6H5NO2.C3H7NO/c8-6(9)5-3-1-2-4-7-5;1-4(2)3-5/h1-4H,(H,8,9);3H,1-2H3. The number of carbonyl (C=O) groups is 2. The van der Waals surface area contributed by atoms with Crippen LogP contribution in [0.4, 0.5) is 0 Å². The maximum Gasteiger partial charge on any atom is 0.354 e. The van der Waals surface area contributed by atoms with Crippen molar-refractivity contribution in [2.24, 2.45) is 0 Å². The van der Waals surface area contributed by atoms with E-state index in [1.165, 1.54) is 17.2 Å². The molecule has 0 atom stereocenters. The fourth-order valence-corrected chi connectivity index (χ4v) is 0.489. The number of rotatable bonds is 2. The van der Waals surface area contributed by atoms with Crippen LogP contribution in [0.5, 0.6) is 0 Å². The lowest BCUT2D eigenvalue weighted by molar-refractivity contribution is -0.115. The minimum atomic E-state index is -0.990. The molecule has 1 rings (SSSR count). The number of hydrogen-bond acceptors (Lipinski definition) is 3. The Morgan fingerprint density at radius 3 is 2.29 bits per heavy atom. The largest absolute Gasteiger partial charge is 0.477 e. The van der Waals surface area contributed by atoms with Crippen molar-refractivity contribution in [3.8, 4) is 0 Å². The van der Waals surface area contributed by atoms with Crippen molar-refractivity contribution in [3.05, 3.63) is 30.1 Å². The number of aromatic carboxylic acids is 1. The minimum absolute atomic E-state index is 0.0810. The molecule has 0 radical (unpaired) electrons. The average Bonchev–Trinajstić information content (AvgIpc) is 2.20. The van der Waals surface area contributed by atoms with Gasteiger partial charge in [-0.05, 0) is 12.1 Å². The molecule has 0 aliphatic rings. The van der Waals surface area contributed by atoms with Gasteiger partial charge in [0.05, 0.1) is 0 Å². The predicted molar refractivity (Wildman–Crippen MR) is 50.9 cm³/mol. The number of carbonyl (C=O) groups excluding carboxylic acids is 1. The fraction of sp³-hybridized carbons (Fsp3) is 0.222. The van der Waals surface area contributed by atoms with Gasteiger partial charge in [-0.3, -0.25) is 4.79 Å². The summed E-state index contributed by atoms with van der Waals surface area (Å²) in [5, 5.41) is 8.32. The molecule has 14 heavy (non-hydrogen) atoms. The van der Waals surface area contributed by atoms with Crippen LogP contribution in [0.15, 0.2) is 24.4 Å². The van der Waals surface area contributed by atoms with E-state index in [1.54, 1.807) is 26.2 Å². The van der Waals surface area contributed by atoms with Crippen molar-refractivity contribution in [2.45, 2.75) is 0 Å². The van der Waals surface area contributed by atoms with E-state index in [-0.39, 0.29) is 5.69 Å². The summed E-state index contributed by atoms with van der Waals surface area (Å²) in [6.07, 6.45) is 2.20. The second kappa shape index (κ2) is 6.59. The number of hydrogen-bond donors (Lipinski definition) is 1. The number of carboxylic acids is 1. The van der Waals surface area contributed by atoms with Gasteiger partial charge in [0.2, 0.25) is 6.41 Å². The highest BCUT2D eigenvalue weighted by Gasteiger charge is 1.98. The molecule has 0 spiro atoms. The Balaban J connectivity index is 0.000000292. The van der Waals surface area contributed by atoms with Gasteiger partial charge >= 0.3 is 5.97 Å². The molecule has 0 fully saturated rings. The summed E-state index contributed by atoms with van der Waals surface area (Å²) in [6.45, 7) is 0. The highest BCUT2D eigenvalue weighted by Crippen LogP contribution is 1.90. The van der Waals surface area contributed by atoms with Gasteiger partial charge < -0.3 is 10.0 Å². The number of amides is 1. The summed E-state index contributed by atoms with van der Waals surface area (Å²) in [4.78, 5) is 24.6. The predicted octanol–water partition coefficient (Wildman–Crippen LogP) is 0.484. The number of pyridine rings is 1. The molecule has 0 saturated carbocycles. The zero-order valence-electron chi connectivity index (χ0n) is 8.04. The molecule has 5 nitrogen and oxygen atoms in total. The van der Waals surface area contributed by atoms with Gasteiger partial charge in [0.15, 0.2) is 0 Å². The molecule has 76 valence electrons. The van der Waals surface area contributed by atoms with E-state index in [0.717, 1.165) is 6.41 Å². The SMILES string of the molecule is CN(C)C=O.O=C(O)c1ccccn1. The third kappa shape index (κ3) is 5.70. The van der Waals surface area contributed by atoms with Crippen LogP contribution in [0.2, 0.25) is 0 Å². The van der Waals surface area contributed by atoms with E-state index in [9.17, 15) is 9.59 Å². The molecule has 0 aromatic carbocycles. The first kappa shape index (κ1) is 12.1. The highest BCUT2D eigenvalue weighted by atomic mass is 16.4. The summed E-state index contributed by atoms with van der Waals surface area (Å²) in [6, 6.07) is 4.76. The third-order valence-corrected chi connectivity index (χ3v) is 1.09. The molecule has 1 aromatic heterocycles. The van der Waals surface area contributed by atoms with E-state index < -0.39 is 5.97 Å².